The zero-order valence-electron chi connectivity index (χ0n) is 7.51. The van der Waals surface area contributed by atoms with Crippen molar-refractivity contribution >= 4 is 5.82 Å². The minimum atomic E-state index is -4.31. The molecule has 0 unspecified atom stereocenters. The molecule has 1 heterocycles. The Morgan fingerprint density at radius 3 is 2.64 bits per heavy atom. The number of aryl methyl sites for hydroxylation is 1. The van der Waals surface area contributed by atoms with Gasteiger partial charge in [0.05, 0.1) is 0 Å². The first kappa shape index (κ1) is 10.8. The number of nitrogens with zero attached hydrogens (tertiary/aromatic N) is 2. The molecule has 4 nitrogen and oxygen atoms in total. The third kappa shape index (κ3) is 3.25. The molecular formula is C7H10F3N3O. The van der Waals surface area contributed by atoms with Crippen molar-refractivity contribution in [3.05, 3.63) is 11.8 Å². The second-order valence-corrected chi connectivity index (χ2v) is 2.83. The van der Waals surface area contributed by atoms with Gasteiger partial charge >= 0.3 is 6.18 Å². The number of rotatable bonds is 3. The molecule has 2 N–H and O–H groups in total. The Kier molecular flexibility index (Phi) is 3.00. The molecule has 0 saturated carbocycles. The summed E-state index contributed by atoms with van der Waals surface area (Å²) in [6.45, 7) is 0.173. The van der Waals surface area contributed by atoms with Crippen LogP contribution in [-0.2, 0) is 11.5 Å². The van der Waals surface area contributed by atoms with Gasteiger partial charge in [0.1, 0.15) is 19.2 Å². The molecular weight excluding hydrogens is 199 g/mol. The number of hydrogen-bond donors (Lipinski definition) is 1. The Morgan fingerprint density at radius 2 is 2.21 bits per heavy atom. The molecule has 0 fully saturated rings. The lowest BCUT2D eigenvalue weighted by Crippen LogP contribution is -2.18. The van der Waals surface area contributed by atoms with E-state index in [1.54, 1.807) is 6.92 Å². The number of anilines is 1. The van der Waals surface area contributed by atoms with Crippen LogP contribution >= 0.6 is 0 Å². The highest BCUT2D eigenvalue weighted by Crippen LogP contribution is 2.15. The summed E-state index contributed by atoms with van der Waals surface area (Å²) in [6.07, 6.45) is -2.79. The summed E-state index contributed by atoms with van der Waals surface area (Å²) < 4.78 is 40.6. The summed E-state index contributed by atoms with van der Waals surface area (Å²) in [6, 6.07) is 0. The van der Waals surface area contributed by atoms with Gasteiger partial charge in [0.25, 0.3) is 0 Å². The summed E-state index contributed by atoms with van der Waals surface area (Å²) in [5, 5.41) is 3.73. The molecule has 0 aromatic carbocycles. The van der Waals surface area contributed by atoms with Gasteiger partial charge in [0, 0.05) is 11.8 Å². The van der Waals surface area contributed by atoms with Gasteiger partial charge in [-0.3, -0.25) is 0 Å². The monoisotopic (exact) mass is 209 g/mol. The van der Waals surface area contributed by atoms with Crippen LogP contribution < -0.4 is 5.73 Å². The molecule has 0 amide bonds. The first-order chi connectivity index (χ1) is 6.38. The molecule has 80 valence electrons. The van der Waals surface area contributed by atoms with E-state index in [2.05, 4.69) is 9.84 Å². The largest absolute Gasteiger partial charge is 0.411 e. The Morgan fingerprint density at radius 1 is 1.57 bits per heavy atom. The standard InChI is InChI=1S/C7H10F3N3O/c1-5-2-13(12-6(5)11)4-14-3-7(8,9)10/h2H,3-4H2,1H3,(H2,11,12). The highest BCUT2D eigenvalue weighted by atomic mass is 19.4. The van der Waals surface area contributed by atoms with Gasteiger partial charge in [0.2, 0.25) is 0 Å². The first-order valence-electron chi connectivity index (χ1n) is 3.82. The fraction of sp³-hybridized carbons (Fsp3) is 0.571. The van der Waals surface area contributed by atoms with Crippen molar-refractivity contribution in [2.75, 3.05) is 12.3 Å². The van der Waals surface area contributed by atoms with E-state index < -0.39 is 12.8 Å². The Labute approximate surface area is 78.4 Å². The first-order valence-corrected chi connectivity index (χ1v) is 3.82. The van der Waals surface area contributed by atoms with Crippen molar-refractivity contribution in [3.8, 4) is 0 Å². The lowest BCUT2D eigenvalue weighted by atomic mass is 10.4. The smallest absolute Gasteiger partial charge is 0.382 e. The Hall–Kier alpha value is -1.24. The van der Waals surface area contributed by atoms with Crippen LogP contribution in [-0.4, -0.2) is 22.6 Å². The molecule has 1 rings (SSSR count). The predicted molar refractivity (Wildman–Crippen MR) is 43.4 cm³/mol. The van der Waals surface area contributed by atoms with E-state index in [1.807, 2.05) is 0 Å². The fourth-order valence-electron chi connectivity index (χ4n) is 0.857. The van der Waals surface area contributed by atoms with Crippen molar-refractivity contribution in [3.63, 3.8) is 0 Å². The summed E-state index contributed by atoms with van der Waals surface area (Å²) in [4.78, 5) is 0. The Balaban J connectivity index is 2.39. The van der Waals surface area contributed by atoms with E-state index in [0.717, 1.165) is 0 Å². The summed E-state index contributed by atoms with van der Waals surface area (Å²) in [5.74, 6) is 0.292. The van der Waals surface area contributed by atoms with Crippen LogP contribution in [0.5, 0.6) is 0 Å². The lowest BCUT2D eigenvalue weighted by molar-refractivity contribution is -0.182. The number of ether oxygens (including phenoxy) is 1. The third-order valence-electron chi connectivity index (χ3n) is 1.47. The second kappa shape index (κ2) is 3.87. The SMILES string of the molecule is Cc1cn(COCC(F)(F)F)nc1N. The molecule has 0 aliphatic rings. The number of nitrogen functional groups attached to an aromatic ring is 1. The molecule has 14 heavy (non-hydrogen) atoms. The molecule has 0 aliphatic heterocycles. The van der Waals surface area contributed by atoms with Gasteiger partial charge in [-0.25, -0.2) is 4.68 Å². The van der Waals surface area contributed by atoms with Crippen LogP contribution in [0.3, 0.4) is 0 Å². The van der Waals surface area contributed by atoms with Crippen LogP contribution in [0, 0.1) is 6.92 Å². The van der Waals surface area contributed by atoms with E-state index in [4.69, 9.17) is 5.73 Å². The maximum absolute atomic E-state index is 11.7. The highest BCUT2D eigenvalue weighted by Gasteiger charge is 2.27. The molecule has 1 aromatic rings. The summed E-state index contributed by atoms with van der Waals surface area (Å²) >= 11 is 0. The Bertz CT molecular complexity index is 288. The van der Waals surface area contributed by atoms with Crippen molar-refractivity contribution in [1.82, 2.24) is 9.78 Å². The number of halogens is 3. The summed E-state index contributed by atoms with van der Waals surface area (Å²) in [5.41, 5.74) is 6.10. The average Bonchev–Trinajstić information content (AvgIpc) is 2.28. The number of nitrogens with two attached hydrogens (primary N) is 1. The van der Waals surface area contributed by atoms with E-state index in [-0.39, 0.29) is 6.73 Å². The van der Waals surface area contributed by atoms with E-state index in [0.29, 0.717) is 11.4 Å². The fourth-order valence-corrected chi connectivity index (χ4v) is 0.857. The van der Waals surface area contributed by atoms with Crippen molar-refractivity contribution < 1.29 is 17.9 Å². The van der Waals surface area contributed by atoms with Gasteiger partial charge in [0.15, 0.2) is 0 Å². The third-order valence-corrected chi connectivity index (χ3v) is 1.47. The van der Waals surface area contributed by atoms with Crippen LogP contribution in [0.4, 0.5) is 19.0 Å². The van der Waals surface area contributed by atoms with Gasteiger partial charge in [-0.1, -0.05) is 0 Å². The molecule has 0 atom stereocenters. The average molecular weight is 209 g/mol. The van der Waals surface area contributed by atoms with Crippen LogP contribution in [0.1, 0.15) is 5.56 Å². The zero-order chi connectivity index (χ0) is 10.8. The van der Waals surface area contributed by atoms with E-state index in [9.17, 15) is 13.2 Å². The van der Waals surface area contributed by atoms with Gasteiger partial charge in [-0.05, 0) is 6.92 Å². The van der Waals surface area contributed by atoms with Crippen molar-refractivity contribution in [1.29, 1.82) is 0 Å². The van der Waals surface area contributed by atoms with E-state index >= 15 is 0 Å². The van der Waals surface area contributed by atoms with Crippen LogP contribution in [0.15, 0.2) is 6.20 Å². The maximum atomic E-state index is 11.7. The predicted octanol–water partition coefficient (Wildman–Crippen LogP) is 1.31. The van der Waals surface area contributed by atoms with Crippen molar-refractivity contribution in [2.24, 2.45) is 0 Å². The lowest BCUT2D eigenvalue weighted by Gasteiger charge is -2.06. The molecule has 0 saturated heterocycles. The van der Waals surface area contributed by atoms with Crippen LogP contribution in [0.2, 0.25) is 0 Å². The molecule has 0 radical (unpaired) electrons. The molecule has 0 bridgehead atoms. The van der Waals surface area contributed by atoms with Gasteiger partial charge < -0.3 is 10.5 Å². The van der Waals surface area contributed by atoms with E-state index in [1.165, 1.54) is 10.9 Å². The molecule has 0 aliphatic carbocycles. The maximum Gasteiger partial charge on any atom is 0.411 e. The second-order valence-electron chi connectivity index (χ2n) is 2.83. The number of alkyl halides is 3. The zero-order valence-corrected chi connectivity index (χ0v) is 7.51. The quantitative estimate of drug-likeness (QED) is 0.816. The normalized spacial score (nSPS) is 12.0. The van der Waals surface area contributed by atoms with Gasteiger partial charge in [-0.15, -0.1) is 0 Å². The minimum Gasteiger partial charge on any atom is -0.382 e. The highest BCUT2D eigenvalue weighted by molar-refractivity contribution is 5.35. The summed E-state index contributed by atoms with van der Waals surface area (Å²) in [7, 11) is 0. The molecule has 0 spiro atoms. The van der Waals surface area contributed by atoms with Crippen LogP contribution in [0.25, 0.3) is 0 Å². The van der Waals surface area contributed by atoms with Crippen molar-refractivity contribution in [2.45, 2.75) is 19.8 Å². The van der Waals surface area contributed by atoms with Gasteiger partial charge in [-0.2, -0.15) is 18.3 Å². The number of aromatic nitrogens is 2. The minimum absolute atomic E-state index is 0.252. The molecule has 7 heteroatoms. The number of hydrogen-bond acceptors (Lipinski definition) is 3. The topological polar surface area (TPSA) is 53.1 Å². The molecule has 1 aromatic heterocycles.